The molecular formula is C23H28N6O4S. The van der Waals surface area contributed by atoms with E-state index in [0.29, 0.717) is 36.5 Å². The fraction of sp³-hybridized carbons (Fsp3) is 0.435. The highest BCUT2D eigenvalue weighted by Crippen LogP contribution is 2.33. The van der Waals surface area contributed by atoms with E-state index in [1.165, 1.54) is 0 Å². The van der Waals surface area contributed by atoms with Crippen molar-refractivity contribution < 1.29 is 18.7 Å². The Labute approximate surface area is 201 Å². The number of carbonyl (C=O) groups is 2. The number of hydrogen-bond donors (Lipinski definition) is 4. The van der Waals surface area contributed by atoms with Gasteiger partial charge in [-0.05, 0) is 56.6 Å². The van der Waals surface area contributed by atoms with Crippen molar-refractivity contribution in [3.05, 3.63) is 46.8 Å². The highest BCUT2D eigenvalue weighted by Gasteiger charge is 2.35. The Balaban J connectivity index is 1.50. The molecule has 2 heterocycles. The standard InChI is InChI=1S/C23H28N6O4S/c1-32-19-12-18(25-15-8-3-2-6-13(15)19)21(31)27-17(10-5-11-24)20(30)26-16-9-4-7-14(16)22-28-29-23(34)33-22/h2-3,6,8,12,14,16-17H,4-5,7,9-11,24H2,1H3,(H,26,30)(H,27,31)(H,29,34)/t14-,16+,17+/m1/s1. The quantitative estimate of drug-likeness (QED) is 0.339. The summed E-state index contributed by atoms with van der Waals surface area (Å²) in [4.78, 5) is 30.9. The first-order valence-electron chi connectivity index (χ1n) is 11.3. The Morgan fingerprint density at radius 1 is 1.35 bits per heavy atom. The average Bonchev–Trinajstić information content (AvgIpc) is 3.49. The van der Waals surface area contributed by atoms with E-state index in [4.69, 9.17) is 27.1 Å². The third-order valence-electron chi connectivity index (χ3n) is 6.06. The third kappa shape index (κ3) is 5.26. The average molecular weight is 485 g/mol. The number of aromatic nitrogens is 3. The largest absolute Gasteiger partial charge is 0.496 e. The van der Waals surface area contributed by atoms with Gasteiger partial charge in [0.25, 0.3) is 10.7 Å². The second kappa shape index (κ2) is 10.7. The number of nitrogens with two attached hydrogens (primary N) is 1. The van der Waals surface area contributed by atoms with Gasteiger partial charge >= 0.3 is 0 Å². The van der Waals surface area contributed by atoms with Crippen LogP contribution < -0.4 is 21.1 Å². The summed E-state index contributed by atoms with van der Waals surface area (Å²) in [6, 6.07) is 8.05. The van der Waals surface area contributed by atoms with Crippen molar-refractivity contribution >= 4 is 34.9 Å². The highest BCUT2D eigenvalue weighted by molar-refractivity contribution is 7.71. The molecule has 1 aromatic carbocycles. The van der Waals surface area contributed by atoms with Gasteiger partial charge in [-0.2, -0.15) is 0 Å². The van der Waals surface area contributed by atoms with E-state index >= 15 is 0 Å². The number of carbonyl (C=O) groups excluding carboxylic acids is 2. The Hall–Kier alpha value is -3.31. The highest BCUT2D eigenvalue weighted by atomic mass is 32.1. The molecule has 0 bridgehead atoms. The maximum Gasteiger partial charge on any atom is 0.284 e. The summed E-state index contributed by atoms with van der Waals surface area (Å²) >= 11 is 4.98. The third-order valence-corrected chi connectivity index (χ3v) is 6.24. The molecule has 0 saturated heterocycles. The maximum atomic E-state index is 13.2. The number of H-pyrrole nitrogens is 1. The van der Waals surface area contributed by atoms with Gasteiger partial charge in [0.05, 0.1) is 18.5 Å². The molecule has 3 atom stereocenters. The molecule has 3 aromatic rings. The second-order valence-electron chi connectivity index (χ2n) is 8.29. The molecule has 4 rings (SSSR count). The number of fused-ring (bicyclic) bond motifs is 1. The zero-order valence-corrected chi connectivity index (χ0v) is 19.7. The van der Waals surface area contributed by atoms with Gasteiger partial charge in [0.15, 0.2) is 0 Å². The molecule has 5 N–H and O–H groups in total. The van der Waals surface area contributed by atoms with Gasteiger partial charge < -0.3 is 25.5 Å². The van der Waals surface area contributed by atoms with E-state index in [-0.39, 0.29) is 28.4 Å². The number of rotatable bonds is 9. The molecule has 180 valence electrons. The second-order valence-corrected chi connectivity index (χ2v) is 8.66. The van der Waals surface area contributed by atoms with Crippen molar-refractivity contribution in [1.29, 1.82) is 0 Å². The maximum absolute atomic E-state index is 13.2. The van der Waals surface area contributed by atoms with Crippen LogP contribution in [0, 0.1) is 4.84 Å². The van der Waals surface area contributed by atoms with Gasteiger partial charge in [-0.25, -0.2) is 10.1 Å². The lowest BCUT2D eigenvalue weighted by Crippen LogP contribution is -2.50. The van der Waals surface area contributed by atoms with Crippen LogP contribution in [0.15, 0.2) is 34.7 Å². The fourth-order valence-corrected chi connectivity index (χ4v) is 4.49. The smallest absolute Gasteiger partial charge is 0.284 e. The van der Waals surface area contributed by atoms with E-state index in [1.54, 1.807) is 13.2 Å². The molecule has 2 amide bonds. The van der Waals surface area contributed by atoms with E-state index < -0.39 is 11.9 Å². The molecule has 1 saturated carbocycles. The molecular weight excluding hydrogens is 456 g/mol. The number of pyridine rings is 1. The van der Waals surface area contributed by atoms with Crippen LogP contribution in [-0.4, -0.2) is 52.7 Å². The van der Waals surface area contributed by atoms with E-state index in [0.717, 1.165) is 24.6 Å². The number of nitrogens with zero attached hydrogens (tertiary/aromatic N) is 2. The van der Waals surface area contributed by atoms with Crippen molar-refractivity contribution in [2.75, 3.05) is 13.7 Å². The number of para-hydroxylation sites is 1. The summed E-state index contributed by atoms with van der Waals surface area (Å²) in [5.41, 5.74) is 6.48. The summed E-state index contributed by atoms with van der Waals surface area (Å²) < 4.78 is 10.9. The van der Waals surface area contributed by atoms with E-state index in [9.17, 15) is 9.59 Å². The molecule has 0 aliphatic heterocycles. The van der Waals surface area contributed by atoms with Crippen molar-refractivity contribution in [2.24, 2.45) is 5.73 Å². The fourth-order valence-electron chi connectivity index (χ4n) is 4.36. The minimum absolute atomic E-state index is 0.0748. The van der Waals surface area contributed by atoms with Crippen molar-refractivity contribution in [3.8, 4) is 5.75 Å². The zero-order valence-electron chi connectivity index (χ0n) is 18.9. The van der Waals surface area contributed by atoms with Crippen molar-refractivity contribution in [2.45, 2.75) is 50.1 Å². The van der Waals surface area contributed by atoms with Gasteiger partial charge in [-0.15, -0.1) is 5.10 Å². The lowest BCUT2D eigenvalue weighted by Gasteiger charge is -2.23. The number of benzene rings is 1. The molecule has 11 heteroatoms. The molecule has 2 aromatic heterocycles. The number of aromatic amines is 1. The minimum atomic E-state index is -0.762. The van der Waals surface area contributed by atoms with Gasteiger partial charge in [0, 0.05) is 17.5 Å². The van der Waals surface area contributed by atoms with E-state index in [1.807, 2.05) is 24.3 Å². The summed E-state index contributed by atoms with van der Waals surface area (Å²) in [5.74, 6) is 0.219. The van der Waals surface area contributed by atoms with Crippen LogP contribution in [0.25, 0.3) is 10.9 Å². The first-order valence-corrected chi connectivity index (χ1v) is 11.7. The summed E-state index contributed by atoms with van der Waals surface area (Å²) in [6.07, 6.45) is 3.51. The molecule has 0 radical (unpaired) electrons. The van der Waals surface area contributed by atoms with Crippen LogP contribution >= 0.6 is 12.2 Å². The summed E-state index contributed by atoms with van der Waals surface area (Å²) in [7, 11) is 1.54. The van der Waals surface area contributed by atoms with Gasteiger partial charge in [0.1, 0.15) is 17.5 Å². The summed E-state index contributed by atoms with van der Waals surface area (Å²) in [6.45, 7) is 0.404. The first-order chi connectivity index (χ1) is 16.5. The number of ether oxygens (including phenoxy) is 1. The zero-order chi connectivity index (χ0) is 24.1. The Morgan fingerprint density at radius 3 is 2.91 bits per heavy atom. The molecule has 1 aliphatic rings. The van der Waals surface area contributed by atoms with Crippen LogP contribution in [0.1, 0.15) is 54.4 Å². The van der Waals surface area contributed by atoms with Gasteiger partial charge in [-0.1, -0.05) is 18.6 Å². The van der Waals surface area contributed by atoms with Crippen molar-refractivity contribution in [1.82, 2.24) is 25.8 Å². The molecule has 1 aliphatic carbocycles. The molecule has 34 heavy (non-hydrogen) atoms. The molecule has 10 nitrogen and oxygen atoms in total. The van der Waals surface area contributed by atoms with E-state index in [2.05, 4.69) is 25.8 Å². The number of methoxy groups -OCH3 is 1. The lowest BCUT2D eigenvalue weighted by molar-refractivity contribution is -0.124. The predicted molar refractivity (Wildman–Crippen MR) is 128 cm³/mol. The topological polar surface area (TPSA) is 148 Å². The van der Waals surface area contributed by atoms with Crippen LogP contribution in [0.3, 0.4) is 0 Å². The number of amides is 2. The molecule has 0 spiro atoms. The lowest BCUT2D eigenvalue weighted by atomic mass is 10.0. The van der Waals surface area contributed by atoms with Crippen LogP contribution in [0.4, 0.5) is 0 Å². The van der Waals surface area contributed by atoms with Crippen LogP contribution in [0.2, 0.25) is 0 Å². The molecule has 1 fully saturated rings. The molecule has 0 unspecified atom stereocenters. The van der Waals surface area contributed by atoms with Crippen molar-refractivity contribution in [3.63, 3.8) is 0 Å². The number of nitrogens with one attached hydrogen (secondary N) is 3. The first kappa shape index (κ1) is 23.8. The SMILES string of the molecule is COc1cc(C(=O)N[C@@H](CCCN)C(=O)N[C@H]2CCC[C@H]2c2n[nH]c(=S)o2)nc2ccccc12. The predicted octanol–water partition coefficient (Wildman–Crippen LogP) is 2.58. The minimum Gasteiger partial charge on any atom is -0.496 e. The Kier molecular flexibility index (Phi) is 7.53. The summed E-state index contributed by atoms with van der Waals surface area (Å²) in [5, 5.41) is 13.5. The number of hydrogen-bond acceptors (Lipinski definition) is 8. The monoisotopic (exact) mass is 484 g/mol. The Morgan fingerprint density at radius 2 is 2.18 bits per heavy atom. The van der Waals surface area contributed by atoms with Gasteiger partial charge in [0.2, 0.25) is 11.8 Å². The normalized spacial score (nSPS) is 18.5. The Bertz CT molecular complexity index is 1230. The van der Waals surface area contributed by atoms with Crippen LogP contribution in [-0.2, 0) is 4.79 Å². The van der Waals surface area contributed by atoms with Crippen LogP contribution in [0.5, 0.6) is 5.75 Å². The van der Waals surface area contributed by atoms with Gasteiger partial charge in [-0.3, -0.25) is 9.59 Å².